The van der Waals surface area contributed by atoms with Gasteiger partial charge in [-0.25, -0.2) is 4.79 Å². The molecular formula is C25H30ClNO5. The summed E-state index contributed by atoms with van der Waals surface area (Å²) < 4.78 is 16.6. The van der Waals surface area contributed by atoms with Gasteiger partial charge in [-0.15, -0.1) is 0 Å². The number of hydrogen-bond donors (Lipinski definition) is 1. The number of ketones is 1. The van der Waals surface area contributed by atoms with Crippen LogP contribution in [-0.4, -0.2) is 25.2 Å². The largest absolute Gasteiger partial charge is 0.462 e. The Kier molecular flexibility index (Phi) is 6.26. The monoisotopic (exact) mass is 459 g/mol. The van der Waals surface area contributed by atoms with Crippen molar-refractivity contribution in [3.05, 3.63) is 45.3 Å². The summed E-state index contributed by atoms with van der Waals surface area (Å²) in [5.41, 5.74) is 3.05. The van der Waals surface area contributed by atoms with Crippen LogP contribution in [0.1, 0.15) is 71.3 Å². The molecule has 0 fully saturated rings. The molecule has 0 spiro atoms. The number of nitrogens with one attached hydrogen (secondary N) is 1. The third-order valence-electron chi connectivity index (χ3n) is 6.24. The lowest BCUT2D eigenvalue weighted by atomic mass is 9.68. The molecule has 1 aromatic carbocycles. The Hall–Kier alpha value is -2.47. The molecule has 0 radical (unpaired) electrons. The first-order valence-electron chi connectivity index (χ1n) is 11.2. The standard InChI is InChI=1S/C25H30ClNO5/c1-5-6-7-8-30-24(29)21-14(2)27-17-11-25(3,4)12-18(28)23(17)22(21)15-9-19-20(10-16(15)26)32-13-31-19/h9-10,22,27H,5-8,11-13H2,1-4H3/t22-/m0/s1. The van der Waals surface area contributed by atoms with Crippen LogP contribution < -0.4 is 14.8 Å². The third kappa shape index (κ3) is 4.25. The molecule has 1 N–H and O–H groups in total. The van der Waals surface area contributed by atoms with Crippen LogP contribution in [-0.2, 0) is 14.3 Å². The Labute approximate surface area is 193 Å². The second-order valence-corrected chi connectivity index (χ2v) is 9.91. The zero-order valence-electron chi connectivity index (χ0n) is 19.1. The second kappa shape index (κ2) is 8.81. The molecule has 2 heterocycles. The van der Waals surface area contributed by atoms with Crippen LogP contribution >= 0.6 is 11.6 Å². The number of rotatable bonds is 6. The van der Waals surface area contributed by atoms with Crippen LogP contribution in [0.2, 0.25) is 5.02 Å². The molecule has 0 unspecified atom stereocenters. The molecule has 2 aliphatic heterocycles. The van der Waals surface area contributed by atoms with Crippen molar-refractivity contribution < 1.29 is 23.8 Å². The van der Waals surface area contributed by atoms with E-state index in [4.69, 9.17) is 25.8 Å². The summed E-state index contributed by atoms with van der Waals surface area (Å²) in [6.45, 7) is 8.57. The van der Waals surface area contributed by atoms with Crippen LogP contribution in [0.15, 0.2) is 34.7 Å². The van der Waals surface area contributed by atoms with Gasteiger partial charge < -0.3 is 19.5 Å². The highest BCUT2D eigenvalue weighted by Gasteiger charge is 2.44. The number of halogens is 1. The van der Waals surface area contributed by atoms with Crippen LogP contribution in [0.3, 0.4) is 0 Å². The van der Waals surface area contributed by atoms with E-state index in [-0.39, 0.29) is 18.0 Å². The number of hydrogen-bond acceptors (Lipinski definition) is 6. The second-order valence-electron chi connectivity index (χ2n) is 9.50. The first-order chi connectivity index (χ1) is 15.2. The van der Waals surface area contributed by atoms with E-state index in [0.29, 0.717) is 58.4 Å². The van der Waals surface area contributed by atoms with Crippen LogP contribution in [0, 0.1) is 5.41 Å². The molecule has 1 atom stereocenters. The van der Waals surface area contributed by atoms with Crippen molar-refractivity contribution >= 4 is 23.4 Å². The molecule has 0 aromatic heterocycles. The minimum absolute atomic E-state index is 0.0197. The molecular weight excluding hydrogens is 430 g/mol. The van der Waals surface area contributed by atoms with Crippen molar-refractivity contribution in [2.24, 2.45) is 5.41 Å². The van der Waals surface area contributed by atoms with Gasteiger partial charge in [0.05, 0.1) is 12.2 Å². The lowest BCUT2D eigenvalue weighted by Gasteiger charge is -2.39. The Bertz CT molecular complexity index is 1020. The number of fused-ring (bicyclic) bond motifs is 1. The summed E-state index contributed by atoms with van der Waals surface area (Å²) in [7, 11) is 0. The van der Waals surface area contributed by atoms with Gasteiger partial charge >= 0.3 is 5.97 Å². The van der Waals surface area contributed by atoms with Crippen molar-refractivity contribution in [1.29, 1.82) is 0 Å². The number of Topliss-reactive ketones (excluding diaryl/α,β-unsaturated/α-hetero) is 1. The number of dihydropyridines is 1. The van der Waals surface area contributed by atoms with Crippen LogP contribution in [0.5, 0.6) is 11.5 Å². The quantitative estimate of drug-likeness (QED) is 0.453. The molecule has 0 amide bonds. The first-order valence-corrected chi connectivity index (χ1v) is 11.6. The normalized spacial score (nSPS) is 21.4. The summed E-state index contributed by atoms with van der Waals surface area (Å²) in [6, 6.07) is 3.48. The number of esters is 1. The molecule has 1 aliphatic carbocycles. The van der Waals surface area contributed by atoms with Crippen molar-refractivity contribution in [2.75, 3.05) is 13.4 Å². The Morgan fingerprint density at radius 3 is 2.66 bits per heavy atom. The van der Waals surface area contributed by atoms with Gasteiger partial charge in [-0.1, -0.05) is 45.2 Å². The van der Waals surface area contributed by atoms with Gasteiger partial charge in [0.15, 0.2) is 17.3 Å². The van der Waals surface area contributed by atoms with Crippen molar-refractivity contribution in [3.8, 4) is 11.5 Å². The van der Waals surface area contributed by atoms with E-state index in [1.54, 1.807) is 12.1 Å². The topological polar surface area (TPSA) is 73.9 Å². The predicted molar refractivity (Wildman–Crippen MR) is 122 cm³/mol. The van der Waals surface area contributed by atoms with Crippen LogP contribution in [0.25, 0.3) is 0 Å². The zero-order chi connectivity index (χ0) is 23.0. The molecule has 4 rings (SSSR count). The maximum absolute atomic E-state index is 13.4. The molecule has 3 aliphatic rings. The number of carbonyl (C=O) groups is 2. The van der Waals surface area contributed by atoms with Gasteiger partial charge in [-0.05, 0) is 36.8 Å². The summed E-state index contributed by atoms with van der Waals surface area (Å²) in [5, 5.41) is 3.77. The average molecular weight is 460 g/mol. The number of allylic oxidation sites excluding steroid dienone is 3. The number of carbonyl (C=O) groups excluding carboxylic acids is 2. The van der Waals surface area contributed by atoms with Crippen molar-refractivity contribution in [1.82, 2.24) is 5.32 Å². The highest BCUT2D eigenvalue weighted by Crippen LogP contribution is 2.50. The summed E-state index contributed by atoms with van der Waals surface area (Å²) >= 11 is 6.67. The predicted octanol–water partition coefficient (Wildman–Crippen LogP) is 5.41. The fraction of sp³-hybridized carbons (Fsp3) is 0.520. The number of unbranched alkanes of at least 4 members (excludes halogenated alkanes) is 2. The SMILES string of the molecule is CCCCCOC(=O)C1=C(C)NC2=C(C(=O)CC(C)(C)C2)[C@H]1c1cc2c(cc1Cl)OCO2. The molecule has 0 saturated carbocycles. The van der Waals surface area contributed by atoms with E-state index >= 15 is 0 Å². The van der Waals surface area contributed by atoms with E-state index < -0.39 is 11.9 Å². The lowest BCUT2D eigenvalue weighted by molar-refractivity contribution is -0.139. The van der Waals surface area contributed by atoms with Gasteiger partial charge in [0.25, 0.3) is 0 Å². The maximum atomic E-state index is 13.4. The lowest BCUT2D eigenvalue weighted by Crippen LogP contribution is -2.38. The molecule has 6 nitrogen and oxygen atoms in total. The van der Waals surface area contributed by atoms with Gasteiger partial charge in [0.1, 0.15) is 0 Å². The Morgan fingerprint density at radius 1 is 1.22 bits per heavy atom. The summed E-state index contributed by atoms with van der Waals surface area (Å²) in [4.78, 5) is 26.6. The van der Waals surface area contributed by atoms with E-state index in [0.717, 1.165) is 25.0 Å². The Morgan fingerprint density at radius 2 is 1.94 bits per heavy atom. The fourth-order valence-corrected chi connectivity index (χ4v) is 5.03. The number of benzene rings is 1. The average Bonchev–Trinajstić information content (AvgIpc) is 3.15. The van der Waals surface area contributed by atoms with Gasteiger partial charge in [0, 0.05) is 40.4 Å². The van der Waals surface area contributed by atoms with Crippen molar-refractivity contribution in [2.45, 2.75) is 65.7 Å². The van der Waals surface area contributed by atoms with E-state index in [9.17, 15) is 9.59 Å². The highest BCUT2D eigenvalue weighted by molar-refractivity contribution is 6.32. The smallest absolute Gasteiger partial charge is 0.336 e. The summed E-state index contributed by atoms with van der Waals surface area (Å²) in [6.07, 6.45) is 3.95. The molecule has 32 heavy (non-hydrogen) atoms. The fourth-order valence-electron chi connectivity index (χ4n) is 4.77. The van der Waals surface area contributed by atoms with E-state index in [1.165, 1.54) is 0 Å². The summed E-state index contributed by atoms with van der Waals surface area (Å²) in [5.74, 6) is 0.0974. The third-order valence-corrected chi connectivity index (χ3v) is 6.57. The molecule has 0 bridgehead atoms. The van der Waals surface area contributed by atoms with E-state index in [2.05, 4.69) is 26.1 Å². The maximum Gasteiger partial charge on any atom is 0.336 e. The highest BCUT2D eigenvalue weighted by atomic mass is 35.5. The zero-order valence-corrected chi connectivity index (χ0v) is 19.9. The van der Waals surface area contributed by atoms with E-state index in [1.807, 2.05) is 6.92 Å². The number of ether oxygens (including phenoxy) is 3. The molecule has 7 heteroatoms. The Balaban J connectivity index is 1.79. The van der Waals surface area contributed by atoms with Gasteiger partial charge in [0.2, 0.25) is 6.79 Å². The van der Waals surface area contributed by atoms with Gasteiger partial charge in [-0.2, -0.15) is 0 Å². The minimum Gasteiger partial charge on any atom is -0.462 e. The molecule has 172 valence electrons. The molecule has 1 aromatic rings. The molecule has 0 saturated heterocycles. The van der Waals surface area contributed by atoms with Crippen molar-refractivity contribution in [3.63, 3.8) is 0 Å². The first kappa shape index (κ1) is 22.7. The van der Waals surface area contributed by atoms with Gasteiger partial charge in [-0.3, -0.25) is 4.79 Å². The minimum atomic E-state index is -0.615. The van der Waals surface area contributed by atoms with Crippen LogP contribution in [0.4, 0.5) is 0 Å².